The molecule has 0 saturated carbocycles. The van der Waals surface area contributed by atoms with Crippen LogP contribution in [0.5, 0.6) is 0 Å². The number of aromatic nitrogens is 3. The van der Waals surface area contributed by atoms with E-state index in [1.165, 1.54) is 0 Å². The van der Waals surface area contributed by atoms with E-state index in [0.29, 0.717) is 25.9 Å². The first-order valence-electron chi connectivity index (χ1n) is 7.93. The zero-order chi connectivity index (χ0) is 16.7. The van der Waals surface area contributed by atoms with E-state index < -0.39 is 0 Å². The summed E-state index contributed by atoms with van der Waals surface area (Å²) in [4.78, 5) is 18.3. The lowest BCUT2D eigenvalue weighted by Gasteiger charge is -2.21. The van der Waals surface area contributed by atoms with Gasteiger partial charge in [0.05, 0.1) is 12.8 Å². The Morgan fingerprint density at radius 3 is 2.78 bits per heavy atom. The number of aliphatic hydroxyl groups excluding tert-OH is 1. The minimum Gasteiger partial charge on any atom is -0.395 e. The Morgan fingerprint density at radius 1 is 1.30 bits per heavy atom. The molecule has 0 aromatic carbocycles. The van der Waals surface area contributed by atoms with Crippen LogP contribution in [-0.4, -0.2) is 43.8 Å². The Bertz CT molecular complexity index is 639. The molecule has 0 radical (unpaired) electrons. The largest absolute Gasteiger partial charge is 0.395 e. The van der Waals surface area contributed by atoms with E-state index in [1.54, 1.807) is 23.5 Å². The van der Waals surface area contributed by atoms with E-state index in [2.05, 4.69) is 10.1 Å². The van der Waals surface area contributed by atoms with Crippen LogP contribution in [-0.2, 0) is 24.3 Å². The summed E-state index contributed by atoms with van der Waals surface area (Å²) < 4.78 is 1.83. The number of carbonyl (C=O) groups is 1. The van der Waals surface area contributed by atoms with Crippen molar-refractivity contribution in [2.75, 3.05) is 13.2 Å². The van der Waals surface area contributed by atoms with Gasteiger partial charge in [0.25, 0.3) is 0 Å². The highest BCUT2D eigenvalue weighted by atomic mass is 16.3. The molecule has 23 heavy (non-hydrogen) atoms. The standard InChI is InChI=1S/C17H24N4O2/c1-3-21-13-16(11-19-21)12-20(6-7-22)17(23)5-4-15-8-14(2)9-18-10-15/h8-11,13,22H,3-7,12H2,1-2H3. The molecule has 0 unspecified atom stereocenters. The average molecular weight is 316 g/mol. The lowest BCUT2D eigenvalue weighted by Crippen LogP contribution is -2.33. The number of nitrogens with zero attached hydrogens (tertiary/aromatic N) is 4. The van der Waals surface area contributed by atoms with Gasteiger partial charge in [0.15, 0.2) is 0 Å². The molecule has 2 heterocycles. The molecule has 124 valence electrons. The highest BCUT2D eigenvalue weighted by Crippen LogP contribution is 2.09. The Hall–Kier alpha value is -2.21. The SMILES string of the molecule is CCn1cc(CN(CCO)C(=O)CCc2cncc(C)c2)cn1. The van der Waals surface area contributed by atoms with Crippen LogP contribution in [0.15, 0.2) is 30.9 Å². The molecule has 0 bridgehead atoms. The Balaban J connectivity index is 1.94. The van der Waals surface area contributed by atoms with Gasteiger partial charge in [-0.15, -0.1) is 0 Å². The molecule has 1 N–H and O–H groups in total. The summed E-state index contributed by atoms with van der Waals surface area (Å²) in [5, 5.41) is 13.4. The zero-order valence-corrected chi connectivity index (χ0v) is 13.8. The number of amides is 1. The molecular formula is C17H24N4O2. The van der Waals surface area contributed by atoms with E-state index in [9.17, 15) is 9.90 Å². The van der Waals surface area contributed by atoms with Crippen LogP contribution in [0.3, 0.4) is 0 Å². The zero-order valence-electron chi connectivity index (χ0n) is 13.8. The van der Waals surface area contributed by atoms with Crippen LogP contribution < -0.4 is 0 Å². The molecular weight excluding hydrogens is 292 g/mol. The summed E-state index contributed by atoms with van der Waals surface area (Å²) in [6, 6.07) is 2.04. The molecule has 0 fully saturated rings. The van der Waals surface area contributed by atoms with Crippen molar-refractivity contribution in [3.63, 3.8) is 0 Å². The van der Waals surface area contributed by atoms with Gasteiger partial charge in [-0.05, 0) is 31.4 Å². The second kappa shape index (κ2) is 8.43. The third kappa shape index (κ3) is 5.17. The number of rotatable bonds is 8. The highest BCUT2D eigenvalue weighted by Gasteiger charge is 2.14. The van der Waals surface area contributed by atoms with Gasteiger partial charge in [-0.2, -0.15) is 5.10 Å². The predicted molar refractivity (Wildman–Crippen MR) is 87.7 cm³/mol. The van der Waals surface area contributed by atoms with Gasteiger partial charge in [-0.1, -0.05) is 6.07 Å². The summed E-state index contributed by atoms with van der Waals surface area (Å²) in [5.74, 6) is 0.0322. The van der Waals surface area contributed by atoms with Crippen LogP contribution in [0.1, 0.15) is 30.0 Å². The van der Waals surface area contributed by atoms with Crippen LogP contribution >= 0.6 is 0 Å². The van der Waals surface area contributed by atoms with Crippen molar-refractivity contribution in [3.05, 3.63) is 47.5 Å². The van der Waals surface area contributed by atoms with Crippen molar-refractivity contribution < 1.29 is 9.90 Å². The highest BCUT2D eigenvalue weighted by molar-refractivity contribution is 5.76. The summed E-state index contributed by atoms with van der Waals surface area (Å²) >= 11 is 0. The smallest absolute Gasteiger partial charge is 0.223 e. The van der Waals surface area contributed by atoms with Crippen molar-refractivity contribution in [1.29, 1.82) is 0 Å². The molecule has 2 rings (SSSR count). The van der Waals surface area contributed by atoms with Crippen LogP contribution in [0.2, 0.25) is 0 Å². The van der Waals surface area contributed by atoms with Gasteiger partial charge < -0.3 is 10.0 Å². The van der Waals surface area contributed by atoms with E-state index in [0.717, 1.165) is 23.2 Å². The lowest BCUT2D eigenvalue weighted by molar-refractivity contribution is -0.132. The van der Waals surface area contributed by atoms with E-state index in [4.69, 9.17) is 0 Å². The minimum absolute atomic E-state index is 0.0322. The molecule has 1 amide bonds. The molecule has 0 spiro atoms. The number of pyridine rings is 1. The molecule has 6 heteroatoms. The fourth-order valence-corrected chi connectivity index (χ4v) is 2.46. The minimum atomic E-state index is -0.0420. The van der Waals surface area contributed by atoms with E-state index >= 15 is 0 Å². The molecule has 0 aliphatic heterocycles. The van der Waals surface area contributed by atoms with Crippen LogP contribution in [0, 0.1) is 6.92 Å². The number of carbonyl (C=O) groups excluding carboxylic acids is 1. The molecule has 0 aliphatic rings. The molecule has 6 nitrogen and oxygen atoms in total. The fraction of sp³-hybridized carbons (Fsp3) is 0.471. The maximum Gasteiger partial charge on any atom is 0.223 e. The summed E-state index contributed by atoms with van der Waals surface area (Å²) in [7, 11) is 0. The molecule has 0 saturated heterocycles. The van der Waals surface area contributed by atoms with Gasteiger partial charge in [0.2, 0.25) is 5.91 Å². The number of hydrogen-bond donors (Lipinski definition) is 1. The normalized spacial score (nSPS) is 10.7. The van der Waals surface area contributed by atoms with Gasteiger partial charge >= 0.3 is 0 Å². The van der Waals surface area contributed by atoms with Gasteiger partial charge in [0, 0.05) is 50.2 Å². The van der Waals surface area contributed by atoms with Gasteiger partial charge in [-0.3, -0.25) is 14.5 Å². The van der Waals surface area contributed by atoms with Crippen LogP contribution in [0.4, 0.5) is 0 Å². The summed E-state index contributed by atoms with van der Waals surface area (Å²) in [5.41, 5.74) is 3.13. The average Bonchev–Trinajstić information content (AvgIpc) is 3.00. The first kappa shape index (κ1) is 17.1. The Labute approximate surface area is 136 Å². The first-order valence-corrected chi connectivity index (χ1v) is 7.93. The quantitative estimate of drug-likeness (QED) is 0.802. The van der Waals surface area contributed by atoms with Crippen molar-refractivity contribution in [3.8, 4) is 0 Å². The maximum absolute atomic E-state index is 12.4. The third-order valence-electron chi connectivity index (χ3n) is 3.67. The Kier molecular flexibility index (Phi) is 6.29. The predicted octanol–water partition coefficient (Wildman–Crippen LogP) is 1.56. The fourth-order valence-electron chi connectivity index (χ4n) is 2.46. The number of aryl methyl sites for hydroxylation is 3. The molecule has 2 aromatic rings. The van der Waals surface area contributed by atoms with Crippen molar-refractivity contribution in [1.82, 2.24) is 19.7 Å². The maximum atomic E-state index is 12.4. The van der Waals surface area contributed by atoms with E-state index in [1.807, 2.05) is 30.8 Å². The summed E-state index contributed by atoms with van der Waals surface area (Å²) in [6.45, 7) is 5.58. The second-order valence-electron chi connectivity index (χ2n) is 5.61. The molecule has 2 aromatic heterocycles. The van der Waals surface area contributed by atoms with Gasteiger partial charge in [0.1, 0.15) is 0 Å². The second-order valence-corrected chi connectivity index (χ2v) is 5.61. The van der Waals surface area contributed by atoms with Crippen LogP contribution in [0.25, 0.3) is 0 Å². The van der Waals surface area contributed by atoms with Crippen molar-refractivity contribution in [2.45, 2.75) is 39.8 Å². The number of hydrogen-bond acceptors (Lipinski definition) is 4. The lowest BCUT2D eigenvalue weighted by atomic mass is 10.1. The Morgan fingerprint density at radius 2 is 2.13 bits per heavy atom. The first-order chi connectivity index (χ1) is 11.1. The van der Waals surface area contributed by atoms with Gasteiger partial charge in [-0.25, -0.2) is 0 Å². The van der Waals surface area contributed by atoms with E-state index in [-0.39, 0.29) is 12.5 Å². The van der Waals surface area contributed by atoms with Crippen molar-refractivity contribution in [2.24, 2.45) is 0 Å². The topological polar surface area (TPSA) is 71.2 Å². The van der Waals surface area contributed by atoms with Crippen molar-refractivity contribution >= 4 is 5.91 Å². The summed E-state index contributed by atoms with van der Waals surface area (Å²) in [6.07, 6.45) is 8.36. The molecule has 0 aliphatic carbocycles. The molecule has 0 atom stereocenters. The number of aliphatic hydroxyl groups is 1. The third-order valence-corrected chi connectivity index (χ3v) is 3.67. The monoisotopic (exact) mass is 316 g/mol.